The van der Waals surface area contributed by atoms with Crippen molar-refractivity contribution in [1.82, 2.24) is 0 Å². The van der Waals surface area contributed by atoms with Crippen LogP contribution in [0.2, 0.25) is 0 Å². The second kappa shape index (κ2) is 34.7. The minimum absolute atomic E-state index is 0.0384. The molecule has 13 nitrogen and oxygen atoms in total. The van der Waals surface area contributed by atoms with E-state index in [1.54, 1.807) is 0 Å². The Morgan fingerprint density at radius 2 is 0.812 bits per heavy atom. The number of carbonyl (C=O) groups is 3. The number of carboxylic acids is 1. The Morgan fingerprint density at radius 1 is 0.464 bits per heavy atom. The van der Waals surface area contributed by atoms with Gasteiger partial charge in [0.2, 0.25) is 0 Å². The molecule has 0 aromatic rings. The predicted molar refractivity (Wildman–Crippen MR) is 219 cm³/mol. The quantitative estimate of drug-likeness (QED) is 0.0338. The van der Waals surface area contributed by atoms with Crippen molar-refractivity contribution in [3.8, 4) is 0 Å². The van der Waals surface area contributed by atoms with E-state index in [9.17, 15) is 76.6 Å². The topological polar surface area (TPSA) is 166 Å². The number of aliphatic hydroxyl groups is 1. The van der Waals surface area contributed by atoms with Gasteiger partial charge in [-0.3, -0.25) is 14.4 Å². The summed E-state index contributed by atoms with van der Waals surface area (Å²) < 4.78 is 217. The molecule has 0 saturated carbocycles. The van der Waals surface area contributed by atoms with Gasteiger partial charge in [0.05, 0.1) is 24.9 Å². The van der Waals surface area contributed by atoms with E-state index in [0.29, 0.717) is 98.5 Å². The van der Waals surface area contributed by atoms with Crippen LogP contribution in [0.1, 0.15) is 97.3 Å². The Balaban J connectivity index is 4.41. The van der Waals surface area contributed by atoms with E-state index >= 15 is 0 Å². The van der Waals surface area contributed by atoms with Crippen LogP contribution in [0, 0.1) is 17.8 Å². The fourth-order valence-corrected chi connectivity index (χ4v) is 6.06. The maximum Gasteiger partial charge on any atom is 0.460 e. The second-order valence-electron chi connectivity index (χ2n) is 16.0. The Morgan fingerprint density at radius 3 is 1.14 bits per heavy atom. The molecule has 26 heteroatoms. The number of hydrogen-bond donors (Lipinski definition) is 2. The average molecular weight is 1040 g/mol. The van der Waals surface area contributed by atoms with Crippen LogP contribution < -0.4 is 0 Å². The summed E-state index contributed by atoms with van der Waals surface area (Å²) in [4.78, 5) is 37.3. The summed E-state index contributed by atoms with van der Waals surface area (Å²) in [6, 6.07) is 0. The number of Topliss-reactive ketones (excluding diaryl/α,β-unsaturated/α-hetero) is 1. The third-order valence-corrected chi connectivity index (χ3v) is 10.2. The van der Waals surface area contributed by atoms with Crippen molar-refractivity contribution in [3.05, 3.63) is 0 Å². The smallest absolute Gasteiger partial charge is 0.460 e. The lowest BCUT2D eigenvalue weighted by Crippen LogP contribution is -2.70. The number of aliphatic carboxylic acids is 1. The number of hydrogen-bond acceptors (Lipinski definition) is 12. The van der Waals surface area contributed by atoms with Crippen molar-refractivity contribution in [3.63, 3.8) is 0 Å². The van der Waals surface area contributed by atoms with E-state index in [2.05, 4.69) is 4.74 Å². The molecule has 2 N–H and O–H groups in total. The molecular formula is C43H69F13O13. The van der Waals surface area contributed by atoms with Crippen LogP contribution in [0.5, 0.6) is 0 Å². The summed E-state index contributed by atoms with van der Waals surface area (Å²) in [6.07, 6.45) is -6.12. The Kier molecular flexibility index (Phi) is 33.4. The Hall–Kier alpha value is -2.62. The van der Waals surface area contributed by atoms with E-state index in [-0.39, 0.29) is 45.5 Å². The van der Waals surface area contributed by atoms with Crippen molar-refractivity contribution in [2.45, 2.75) is 133 Å². The third-order valence-electron chi connectivity index (χ3n) is 10.2. The first-order valence-corrected chi connectivity index (χ1v) is 22.8. The summed E-state index contributed by atoms with van der Waals surface area (Å²) in [5.74, 6) is -44.9. The van der Waals surface area contributed by atoms with Crippen LogP contribution >= 0.6 is 0 Å². The number of ether oxygens (including phenoxy) is 8. The molecular weight excluding hydrogens is 971 g/mol. The summed E-state index contributed by atoms with van der Waals surface area (Å²) in [7, 11) is 0. The molecule has 0 radical (unpaired) electrons. The van der Waals surface area contributed by atoms with Crippen LogP contribution in [0.25, 0.3) is 0 Å². The van der Waals surface area contributed by atoms with Crippen molar-refractivity contribution in [2.75, 3.05) is 106 Å². The molecule has 0 aliphatic rings. The maximum atomic E-state index is 14.1. The number of alkyl halides is 13. The highest BCUT2D eigenvalue weighted by molar-refractivity contribution is 5.83. The normalized spacial score (nSPS) is 14.5. The zero-order chi connectivity index (χ0) is 52.6. The third kappa shape index (κ3) is 24.6. The molecule has 0 aliphatic heterocycles. The summed E-state index contributed by atoms with van der Waals surface area (Å²) >= 11 is 0. The summed E-state index contributed by atoms with van der Waals surface area (Å²) in [6.45, 7) is 7.69. The number of esters is 1. The van der Waals surface area contributed by atoms with Gasteiger partial charge in [0, 0.05) is 111 Å². The molecule has 0 fully saturated rings. The largest absolute Gasteiger partial charge is 0.481 e. The first-order valence-electron chi connectivity index (χ1n) is 22.8. The van der Waals surface area contributed by atoms with E-state index in [1.807, 2.05) is 0 Å². The monoisotopic (exact) mass is 1040 g/mol. The molecule has 0 rings (SSSR count). The molecule has 0 saturated heterocycles. The molecule has 0 heterocycles. The Bertz CT molecular complexity index is 1380. The maximum absolute atomic E-state index is 14.1. The zero-order valence-electron chi connectivity index (χ0n) is 39.0. The van der Waals surface area contributed by atoms with Gasteiger partial charge in [-0.25, -0.2) is 0 Å². The van der Waals surface area contributed by atoms with Gasteiger partial charge < -0.3 is 48.1 Å². The molecule has 410 valence electrons. The van der Waals surface area contributed by atoms with Crippen LogP contribution in [-0.2, 0) is 52.3 Å². The standard InChI is InChI=1S/C43H69F13O13/c1-3-33(36(59)60)31-34(30-32(2)37(61)69-29-13-38(44,45)39(46,47)40(48,49)41(50,51)42(52,53)43(54,55)56)35(58)12-4-15-62-17-6-19-64-21-8-23-66-25-10-27-68-28-11-26-67-24-9-22-65-20-7-18-63-16-5-14-57/h32-34,57H,3-31H2,1-2H3,(H,59,60). The molecule has 69 heavy (non-hydrogen) atoms. The van der Waals surface area contributed by atoms with Crippen molar-refractivity contribution >= 4 is 17.7 Å². The first kappa shape index (κ1) is 66.4. The first-order chi connectivity index (χ1) is 32.3. The van der Waals surface area contributed by atoms with E-state index in [1.165, 1.54) is 6.92 Å². The SMILES string of the molecule is CCC(CC(CC(C)C(=O)OCCC(F)(F)C(F)(F)C(F)(F)C(F)(F)C(F)(F)C(F)(F)F)C(=O)CCCOCCCOCCCOCCCOCCCOCCCOCCCOCCCO)C(=O)O. The molecule has 3 atom stereocenters. The molecule has 0 bridgehead atoms. The highest BCUT2D eigenvalue weighted by atomic mass is 19.4. The van der Waals surface area contributed by atoms with Gasteiger partial charge >= 0.3 is 47.7 Å². The highest BCUT2D eigenvalue weighted by Crippen LogP contribution is 2.60. The van der Waals surface area contributed by atoms with Crippen LogP contribution in [0.3, 0.4) is 0 Å². The fourth-order valence-electron chi connectivity index (χ4n) is 6.06. The number of halogens is 13. The average Bonchev–Trinajstić information content (AvgIpc) is 3.27. The molecule has 0 aromatic heterocycles. The lowest BCUT2D eigenvalue weighted by atomic mass is 9.82. The molecule has 0 spiro atoms. The number of carboxylic acid groups (broad SMARTS) is 1. The highest BCUT2D eigenvalue weighted by Gasteiger charge is 2.90. The van der Waals surface area contributed by atoms with Crippen molar-refractivity contribution in [1.29, 1.82) is 0 Å². The van der Waals surface area contributed by atoms with Crippen LogP contribution in [0.15, 0.2) is 0 Å². The predicted octanol–water partition coefficient (Wildman–Crippen LogP) is 8.99. The van der Waals surface area contributed by atoms with Gasteiger partial charge in [-0.15, -0.1) is 0 Å². The van der Waals surface area contributed by atoms with Gasteiger partial charge in [-0.1, -0.05) is 13.8 Å². The molecule has 0 aliphatic carbocycles. The number of aliphatic hydroxyl groups excluding tert-OH is 1. The van der Waals surface area contributed by atoms with E-state index in [0.717, 1.165) is 32.6 Å². The second-order valence-corrected chi connectivity index (χ2v) is 16.0. The van der Waals surface area contributed by atoms with Gasteiger partial charge in [0.1, 0.15) is 5.78 Å². The number of ketones is 1. The van der Waals surface area contributed by atoms with Crippen LogP contribution in [-0.4, -0.2) is 169 Å². The van der Waals surface area contributed by atoms with Gasteiger partial charge in [-0.05, 0) is 70.6 Å². The van der Waals surface area contributed by atoms with Gasteiger partial charge in [-0.2, -0.15) is 57.1 Å². The van der Waals surface area contributed by atoms with Gasteiger partial charge in [0.15, 0.2) is 0 Å². The molecule has 0 aromatic carbocycles. The van der Waals surface area contributed by atoms with E-state index in [4.69, 9.17) is 38.3 Å². The van der Waals surface area contributed by atoms with Crippen molar-refractivity contribution in [2.24, 2.45) is 17.8 Å². The molecule has 3 unspecified atom stereocenters. The Labute approximate surface area is 393 Å². The fraction of sp³-hybridized carbons (Fsp3) is 0.930. The molecule has 0 amide bonds. The lowest BCUT2D eigenvalue weighted by molar-refractivity contribution is -0.440. The lowest BCUT2D eigenvalue weighted by Gasteiger charge is -2.39. The number of rotatable bonds is 46. The van der Waals surface area contributed by atoms with Gasteiger partial charge in [0.25, 0.3) is 0 Å². The van der Waals surface area contributed by atoms with Crippen LogP contribution in [0.4, 0.5) is 57.1 Å². The van der Waals surface area contributed by atoms with E-state index < -0.39 is 90.7 Å². The summed E-state index contributed by atoms with van der Waals surface area (Å²) in [5, 5.41) is 18.2. The zero-order valence-corrected chi connectivity index (χ0v) is 39.0. The summed E-state index contributed by atoms with van der Waals surface area (Å²) in [5.41, 5.74) is 0. The van der Waals surface area contributed by atoms with Crippen molar-refractivity contribution < 1.29 is 120 Å². The number of carbonyl (C=O) groups excluding carboxylic acids is 2. The minimum atomic E-state index is -8.06. The minimum Gasteiger partial charge on any atom is -0.481 e.